The van der Waals surface area contributed by atoms with E-state index in [1.165, 1.54) is 4.68 Å². The molecule has 0 aliphatic heterocycles. The molecule has 0 bridgehead atoms. The molecular weight excluding hydrogens is 490 g/mol. The smallest absolute Gasteiger partial charge is 0.282 e. The van der Waals surface area contributed by atoms with Crippen LogP contribution in [0.5, 0.6) is 11.5 Å². The molecular formula is C29H26ClN3O4. The van der Waals surface area contributed by atoms with E-state index in [9.17, 15) is 4.79 Å². The van der Waals surface area contributed by atoms with Crippen LogP contribution in [0.25, 0.3) is 33.5 Å². The third-order valence-electron chi connectivity index (χ3n) is 5.66. The van der Waals surface area contributed by atoms with E-state index >= 15 is 0 Å². The van der Waals surface area contributed by atoms with Crippen molar-refractivity contribution in [3.05, 3.63) is 87.7 Å². The van der Waals surface area contributed by atoms with Gasteiger partial charge in [-0.25, -0.2) is 4.98 Å². The molecule has 8 heteroatoms. The molecule has 3 aromatic carbocycles. The third-order valence-corrected chi connectivity index (χ3v) is 5.90. The summed E-state index contributed by atoms with van der Waals surface area (Å²) < 4.78 is 18.8. The van der Waals surface area contributed by atoms with E-state index in [1.54, 1.807) is 55.8 Å². The molecule has 37 heavy (non-hydrogen) atoms. The lowest BCUT2D eigenvalue weighted by atomic mass is 9.99. The topological polar surface area (TPSA) is 78.9 Å². The predicted octanol–water partition coefficient (Wildman–Crippen LogP) is 6.78. The number of benzene rings is 3. The molecule has 5 rings (SSSR count). The number of halogens is 1. The number of methoxy groups -OCH3 is 1. The normalized spacial score (nSPS) is 12.0. The number of furan rings is 1. The Morgan fingerprint density at radius 3 is 2.62 bits per heavy atom. The fourth-order valence-electron chi connectivity index (χ4n) is 3.88. The summed E-state index contributed by atoms with van der Waals surface area (Å²) in [7, 11) is 1.60. The first-order valence-electron chi connectivity index (χ1n) is 11.8. The first kappa shape index (κ1) is 24.6. The molecule has 0 saturated heterocycles. The van der Waals surface area contributed by atoms with Crippen LogP contribution in [0, 0.1) is 5.41 Å². The molecule has 188 valence electrons. The molecule has 2 aromatic heterocycles. The Morgan fingerprint density at radius 2 is 1.84 bits per heavy atom. The zero-order chi connectivity index (χ0) is 26.2. The van der Waals surface area contributed by atoms with Crippen molar-refractivity contribution < 1.29 is 13.9 Å². The summed E-state index contributed by atoms with van der Waals surface area (Å²) in [6.07, 6.45) is 1.55. The second-order valence-corrected chi connectivity index (χ2v) is 10.3. The van der Waals surface area contributed by atoms with Crippen LogP contribution in [0.2, 0.25) is 5.02 Å². The van der Waals surface area contributed by atoms with Crippen LogP contribution >= 0.6 is 11.6 Å². The van der Waals surface area contributed by atoms with Crippen LogP contribution in [0.1, 0.15) is 26.3 Å². The van der Waals surface area contributed by atoms with Crippen LogP contribution in [0.3, 0.4) is 0 Å². The Balaban J connectivity index is 1.67. The van der Waals surface area contributed by atoms with E-state index in [4.69, 9.17) is 30.5 Å². The van der Waals surface area contributed by atoms with Crippen LogP contribution in [0.4, 0.5) is 0 Å². The van der Waals surface area contributed by atoms with Gasteiger partial charge in [-0.15, -0.1) is 0 Å². The third kappa shape index (κ3) is 5.08. The summed E-state index contributed by atoms with van der Waals surface area (Å²) in [6.45, 7) is 6.77. The summed E-state index contributed by atoms with van der Waals surface area (Å²) in [5, 5.41) is 6.28. The number of hydrogen-bond donors (Lipinski definition) is 0. The van der Waals surface area contributed by atoms with Gasteiger partial charge in [0.1, 0.15) is 17.1 Å². The van der Waals surface area contributed by atoms with E-state index in [1.807, 2.05) is 24.3 Å². The second-order valence-electron chi connectivity index (χ2n) is 9.83. The maximum Gasteiger partial charge on any atom is 0.282 e. The number of rotatable bonds is 6. The first-order valence-corrected chi connectivity index (χ1v) is 12.2. The summed E-state index contributed by atoms with van der Waals surface area (Å²) >= 11 is 6.27. The van der Waals surface area contributed by atoms with Gasteiger partial charge in [0.15, 0.2) is 5.76 Å². The van der Waals surface area contributed by atoms with Gasteiger partial charge in [0.05, 0.1) is 36.2 Å². The van der Waals surface area contributed by atoms with E-state index in [0.717, 1.165) is 5.39 Å². The minimum absolute atomic E-state index is 0.0389. The van der Waals surface area contributed by atoms with Gasteiger partial charge in [0.2, 0.25) is 5.82 Å². The Kier molecular flexibility index (Phi) is 6.48. The monoisotopic (exact) mass is 515 g/mol. The van der Waals surface area contributed by atoms with Crippen LogP contribution < -0.4 is 15.0 Å². The summed E-state index contributed by atoms with van der Waals surface area (Å²) in [5.41, 5.74) is 1.42. The second kappa shape index (κ2) is 9.75. The number of fused-ring (bicyclic) bond motifs is 2. The van der Waals surface area contributed by atoms with Crippen LogP contribution in [0.15, 0.2) is 81.0 Å². The molecule has 0 atom stereocenters. The van der Waals surface area contributed by atoms with Gasteiger partial charge in [-0.2, -0.15) is 9.78 Å². The Bertz CT molecular complexity index is 1700. The fraction of sp³-hybridized carbons (Fsp3) is 0.207. The van der Waals surface area contributed by atoms with Crippen molar-refractivity contribution in [1.29, 1.82) is 0 Å². The van der Waals surface area contributed by atoms with E-state index in [2.05, 4.69) is 25.9 Å². The Labute approximate surface area is 218 Å². The summed E-state index contributed by atoms with van der Waals surface area (Å²) in [4.78, 5) is 18.3. The van der Waals surface area contributed by atoms with Crippen molar-refractivity contribution in [2.24, 2.45) is 10.5 Å². The zero-order valence-corrected chi connectivity index (χ0v) is 21.7. The number of hydrogen-bond acceptors (Lipinski definition) is 6. The van der Waals surface area contributed by atoms with Gasteiger partial charge in [0, 0.05) is 10.6 Å². The highest BCUT2D eigenvalue weighted by Crippen LogP contribution is 2.33. The highest BCUT2D eigenvalue weighted by molar-refractivity contribution is 6.30. The lowest BCUT2D eigenvalue weighted by Crippen LogP contribution is -2.20. The van der Waals surface area contributed by atoms with Crippen molar-refractivity contribution in [2.45, 2.75) is 20.8 Å². The fourth-order valence-corrected chi connectivity index (χ4v) is 4.06. The van der Waals surface area contributed by atoms with E-state index in [-0.39, 0.29) is 16.8 Å². The molecule has 2 heterocycles. The molecule has 0 radical (unpaired) electrons. The molecule has 0 fully saturated rings. The minimum Gasteiger partial charge on any atom is -0.496 e. The maximum atomic E-state index is 13.6. The van der Waals surface area contributed by atoms with Gasteiger partial charge in [-0.3, -0.25) is 4.79 Å². The minimum atomic E-state index is -0.330. The molecule has 0 amide bonds. The molecule has 0 aliphatic carbocycles. The molecule has 7 nitrogen and oxygen atoms in total. The van der Waals surface area contributed by atoms with Gasteiger partial charge >= 0.3 is 0 Å². The average Bonchev–Trinajstić information content (AvgIpc) is 3.31. The van der Waals surface area contributed by atoms with Gasteiger partial charge < -0.3 is 13.9 Å². The number of para-hydroxylation sites is 1. The highest BCUT2D eigenvalue weighted by Gasteiger charge is 2.18. The molecule has 0 saturated carbocycles. The molecule has 0 N–H and O–H groups in total. The van der Waals surface area contributed by atoms with E-state index < -0.39 is 0 Å². The molecule has 0 unspecified atom stereocenters. The number of aromatic nitrogens is 2. The Morgan fingerprint density at radius 1 is 1.03 bits per heavy atom. The lowest BCUT2D eigenvalue weighted by molar-refractivity contribution is 0.197. The van der Waals surface area contributed by atoms with E-state index in [0.29, 0.717) is 50.9 Å². The van der Waals surface area contributed by atoms with Gasteiger partial charge in [0.25, 0.3) is 5.56 Å². The average molecular weight is 516 g/mol. The van der Waals surface area contributed by atoms with Crippen molar-refractivity contribution in [1.82, 2.24) is 9.66 Å². The van der Waals surface area contributed by atoms with Crippen LogP contribution in [-0.2, 0) is 0 Å². The van der Waals surface area contributed by atoms with Crippen LogP contribution in [-0.4, -0.2) is 29.6 Å². The maximum absolute atomic E-state index is 13.6. The standard InChI is InChI=1S/C29H26ClN3O4/c1-29(2,3)17-36-23-13-12-19(30)14-18(23)16-31-33-27(32-22-9-6-5-8-20(22)28(33)34)26-15-21-24(35-4)10-7-11-25(21)37-26/h5-16H,17H2,1-4H3. The van der Waals surface area contributed by atoms with Gasteiger partial charge in [-0.05, 0) is 53.9 Å². The quantitative estimate of drug-likeness (QED) is 0.233. The molecule has 5 aromatic rings. The SMILES string of the molecule is COc1cccc2oc(-c3nc4ccccc4c(=O)n3N=Cc3cc(Cl)ccc3OCC(C)(C)C)cc12. The summed E-state index contributed by atoms with van der Waals surface area (Å²) in [5.74, 6) is 1.91. The van der Waals surface area contributed by atoms with Crippen molar-refractivity contribution in [3.63, 3.8) is 0 Å². The predicted molar refractivity (Wildman–Crippen MR) is 147 cm³/mol. The molecule has 0 spiro atoms. The lowest BCUT2D eigenvalue weighted by Gasteiger charge is -2.19. The summed E-state index contributed by atoms with van der Waals surface area (Å²) in [6, 6.07) is 19.7. The first-order chi connectivity index (χ1) is 17.7. The largest absolute Gasteiger partial charge is 0.496 e. The highest BCUT2D eigenvalue weighted by atomic mass is 35.5. The molecule has 0 aliphatic rings. The number of ether oxygens (including phenoxy) is 2. The Hall–Kier alpha value is -4.10. The van der Waals surface area contributed by atoms with Crippen molar-refractivity contribution in [3.8, 4) is 23.1 Å². The van der Waals surface area contributed by atoms with Gasteiger partial charge in [-0.1, -0.05) is 50.6 Å². The number of nitrogens with zero attached hydrogens (tertiary/aromatic N) is 3. The zero-order valence-electron chi connectivity index (χ0n) is 21.0. The van der Waals surface area contributed by atoms with Crippen molar-refractivity contribution >= 4 is 39.7 Å². The van der Waals surface area contributed by atoms with Crippen molar-refractivity contribution in [2.75, 3.05) is 13.7 Å².